The van der Waals surface area contributed by atoms with Crippen molar-refractivity contribution in [2.24, 2.45) is 0 Å². The molecule has 0 spiro atoms. The molecular formula is C26H31ClN2O4. The third kappa shape index (κ3) is 7.46. The Morgan fingerprint density at radius 3 is 2.48 bits per heavy atom. The summed E-state index contributed by atoms with van der Waals surface area (Å²) in [5.41, 5.74) is 5.04. The molecule has 2 aromatic carbocycles. The molecule has 176 valence electrons. The summed E-state index contributed by atoms with van der Waals surface area (Å²) >= 11 is 6.14. The minimum Gasteiger partial charge on any atom is -0.466 e. The van der Waals surface area contributed by atoms with Crippen molar-refractivity contribution in [1.82, 2.24) is 9.78 Å². The lowest BCUT2D eigenvalue weighted by Gasteiger charge is -2.10. The van der Waals surface area contributed by atoms with Crippen LogP contribution in [-0.4, -0.2) is 35.4 Å². The highest BCUT2D eigenvalue weighted by Gasteiger charge is 2.12. The molecule has 0 saturated heterocycles. The fourth-order valence-electron chi connectivity index (χ4n) is 3.18. The first-order chi connectivity index (χ1) is 15.8. The molecule has 0 saturated carbocycles. The first kappa shape index (κ1) is 26.1. The number of nitrogens with zero attached hydrogens (tertiary/aromatic N) is 2. The second-order valence-electron chi connectivity index (χ2n) is 7.55. The smallest absolute Gasteiger partial charge is 0.344 e. The van der Waals surface area contributed by atoms with Gasteiger partial charge in [-0.1, -0.05) is 57.0 Å². The molecule has 0 radical (unpaired) electrons. The number of hydrogen-bond donors (Lipinski definition) is 0. The van der Waals surface area contributed by atoms with Crippen molar-refractivity contribution in [2.75, 3.05) is 13.7 Å². The number of halogens is 1. The van der Waals surface area contributed by atoms with Crippen molar-refractivity contribution in [1.29, 1.82) is 0 Å². The lowest BCUT2D eigenvalue weighted by Crippen LogP contribution is -2.13. The highest BCUT2D eigenvalue weighted by Crippen LogP contribution is 2.24. The van der Waals surface area contributed by atoms with Crippen LogP contribution in [0.3, 0.4) is 0 Å². The molecule has 3 rings (SSSR count). The maximum atomic E-state index is 11.9. The molecule has 6 nitrogen and oxygen atoms in total. The largest absolute Gasteiger partial charge is 0.466 e. The van der Waals surface area contributed by atoms with Gasteiger partial charge in [-0.2, -0.15) is 5.10 Å². The van der Waals surface area contributed by atoms with Crippen LogP contribution in [0.5, 0.6) is 0 Å². The topological polar surface area (TPSA) is 70.4 Å². The lowest BCUT2D eigenvalue weighted by molar-refractivity contribution is -0.154. The molecule has 0 N–H and O–H groups in total. The number of fused-ring (bicyclic) bond motifs is 1. The number of hydrogen-bond acceptors (Lipinski definition) is 5. The Balaban J connectivity index is 0.00000122. The summed E-state index contributed by atoms with van der Waals surface area (Å²) in [6.45, 7) is 8.52. The molecule has 0 aliphatic heterocycles. The first-order valence-corrected chi connectivity index (χ1v) is 11.4. The zero-order valence-electron chi connectivity index (χ0n) is 19.9. The summed E-state index contributed by atoms with van der Waals surface area (Å²) in [4.78, 5) is 23.0. The van der Waals surface area contributed by atoms with Crippen LogP contribution >= 0.6 is 11.6 Å². The number of aryl methyl sites for hydroxylation is 2. The predicted molar refractivity (Wildman–Crippen MR) is 132 cm³/mol. The molecular weight excluding hydrogens is 440 g/mol. The Labute approximate surface area is 200 Å². The molecule has 0 aliphatic carbocycles. The van der Waals surface area contributed by atoms with E-state index in [0.717, 1.165) is 28.5 Å². The van der Waals surface area contributed by atoms with E-state index < -0.39 is 18.5 Å². The van der Waals surface area contributed by atoms with Gasteiger partial charge < -0.3 is 9.47 Å². The van der Waals surface area contributed by atoms with Gasteiger partial charge in [0.2, 0.25) is 0 Å². The summed E-state index contributed by atoms with van der Waals surface area (Å²) in [7, 11) is 1.23. The average molecular weight is 471 g/mol. The van der Waals surface area contributed by atoms with E-state index in [0.29, 0.717) is 17.3 Å². The van der Waals surface area contributed by atoms with Crippen LogP contribution in [0.2, 0.25) is 5.02 Å². The van der Waals surface area contributed by atoms with Gasteiger partial charge in [0.05, 0.1) is 24.9 Å². The Morgan fingerprint density at radius 1 is 1.09 bits per heavy atom. The van der Waals surface area contributed by atoms with E-state index in [1.165, 1.54) is 25.2 Å². The van der Waals surface area contributed by atoms with Crippen LogP contribution in [0, 0.1) is 6.92 Å². The zero-order chi connectivity index (χ0) is 24.4. The maximum absolute atomic E-state index is 11.9. The molecule has 0 bridgehead atoms. The van der Waals surface area contributed by atoms with Gasteiger partial charge in [-0.05, 0) is 54.3 Å². The number of rotatable bonds is 7. The van der Waals surface area contributed by atoms with E-state index in [1.807, 2.05) is 41.9 Å². The van der Waals surface area contributed by atoms with E-state index in [4.69, 9.17) is 21.4 Å². The summed E-state index contributed by atoms with van der Waals surface area (Å²) in [6, 6.07) is 11.9. The van der Waals surface area contributed by atoms with Crippen molar-refractivity contribution < 1.29 is 19.1 Å². The van der Waals surface area contributed by atoms with Gasteiger partial charge in [-0.3, -0.25) is 4.68 Å². The van der Waals surface area contributed by atoms with Crippen LogP contribution < -0.4 is 0 Å². The van der Waals surface area contributed by atoms with E-state index in [1.54, 1.807) is 6.08 Å². The Morgan fingerprint density at radius 2 is 1.82 bits per heavy atom. The van der Waals surface area contributed by atoms with E-state index in [2.05, 4.69) is 31.6 Å². The standard InChI is InChI=1S/C23H23ClN2O4.C3H8/c1-4-16-12-18(24)7-6-17(16)13-26-21-11-15(2)5-8-19(21)20(25-26)9-10-22(27)30-14-23(28)29-3;1-3-2/h5-12H,4,13-14H2,1-3H3;3H2,1-2H3/b10-9+;. The van der Waals surface area contributed by atoms with Gasteiger partial charge in [0.1, 0.15) is 0 Å². The SMILES string of the molecule is CCC.CCc1cc(Cl)ccc1Cn1nc(/C=C/C(=O)OCC(=O)OC)c2ccc(C)cc21. The number of methoxy groups -OCH3 is 1. The van der Waals surface area contributed by atoms with Gasteiger partial charge in [-0.15, -0.1) is 0 Å². The predicted octanol–water partition coefficient (Wildman–Crippen LogP) is 5.75. The van der Waals surface area contributed by atoms with Crippen molar-refractivity contribution in [2.45, 2.75) is 47.1 Å². The number of benzene rings is 2. The molecule has 1 heterocycles. The molecule has 0 fully saturated rings. The van der Waals surface area contributed by atoms with Crippen LogP contribution in [0.15, 0.2) is 42.5 Å². The molecule has 0 amide bonds. The summed E-state index contributed by atoms with van der Waals surface area (Å²) < 4.78 is 11.2. The highest BCUT2D eigenvalue weighted by atomic mass is 35.5. The minimum atomic E-state index is -0.638. The monoisotopic (exact) mass is 470 g/mol. The van der Waals surface area contributed by atoms with Crippen LogP contribution in [0.1, 0.15) is 49.6 Å². The third-order valence-corrected chi connectivity index (χ3v) is 4.98. The van der Waals surface area contributed by atoms with E-state index >= 15 is 0 Å². The Kier molecular flexibility index (Phi) is 10.1. The maximum Gasteiger partial charge on any atom is 0.344 e. The Hall–Kier alpha value is -3.12. The Bertz CT molecular complexity index is 1130. The number of carbonyl (C=O) groups excluding carboxylic acids is 2. The second-order valence-corrected chi connectivity index (χ2v) is 7.99. The third-order valence-electron chi connectivity index (χ3n) is 4.74. The summed E-state index contributed by atoms with van der Waals surface area (Å²) in [5.74, 6) is -1.25. The van der Waals surface area contributed by atoms with Crippen molar-refractivity contribution in [3.8, 4) is 0 Å². The lowest BCUT2D eigenvalue weighted by atomic mass is 10.1. The van der Waals surface area contributed by atoms with Crippen LogP contribution in [0.4, 0.5) is 0 Å². The van der Waals surface area contributed by atoms with Gasteiger partial charge in [0.15, 0.2) is 6.61 Å². The molecule has 1 aromatic heterocycles. The quantitative estimate of drug-likeness (QED) is 0.324. The van der Waals surface area contributed by atoms with Gasteiger partial charge >= 0.3 is 11.9 Å². The second kappa shape index (κ2) is 12.8. The number of aromatic nitrogens is 2. The van der Waals surface area contributed by atoms with Gasteiger partial charge in [0, 0.05) is 16.5 Å². The fourth-order valence-corrected chi connectivity index (χ4v) is 3.37. The molecule has 3 aromatic rings. The van der Waals surface area contributed by atoms with E-state index in [-0.39, 0.29) is 0 Å². The van der Waals surface area contributed by atoms with Gasteiger partial charge in [-0.25, -0.2) is 9.59 Å². The average Bonchev–Trinajstić information content (AvgIpc) is 3.14. The number of carbonyl (C=O) groups is 2. The fraction of sp³-hybridized carbons (Fsp3) is 0.346. The van der Waals surface area contributed by atoms with Crippen LogP contribution in [0.25, 0.3) is 17.0 Å². The molecule has 0 aliphatic rings. The summed E-state index contributed by atoms with van der Waals surface area (Å²) in [6.07, 6.45) is 4.97. The van der Waals surface area contributed by atoms with Crippen molar-refractivity contribution in [3.05, 3.63) is 69.9 Å². The highest BCUT2D eigenvalue weighted by molar-refractivity contribution is 6.30. The van der Waals surface area contributed by atoms with Crippen molar-refractivity contribution >= 4 is 40.5 Å². The normalized spacial score (nSPS) is 10.7. The first-order valence-electron chi connectivity index (χ1n) is 11.0. The zero-order valence-corrected chi connectivity index (χ0v) is 20.6. The summed E-state index contributed by atoms with van der Waals surface area (Å²) in [5, 5.41) is 6.34. The molecule has 0 unspecified atom stereocenters. The van der Waals surface area contributed by atoms with Crippen molar-refractivity contribution in [3.63, 3.8) is 0 Å². The number of esters is 2. The minimum absolute atomic E-state index is 0.426. The molecule has 7 heteroatoms. The van der Waals surface area contributed by atoms with Gasteiger partial charge in [0.25, 0.3) is 0 Å². The van der Waals surface area contributed by atoms with E-state index in [9.17, 15) is 9.59 Å². The number of ether oxygens (including phenoxy) is 2. The molecule has 33 heavy (non-hydrogen) atoms. The van der Waals surface area contributed by atoms with Crippen LogP contribution in [-0.2, 0) is 32.0 Å². The molecule has 0 atom stereocenters.